The Labute approximate surface area is 63.6 Å². The van der Waals surface area contributed by atoms with Crippen LogP contribution in [0.3, 0.4) is 0 Å². The maximum Gasteiger partial charge on any atom is 0.250 e. The molecule has 0 bridgehead atoms. The lowest BCUT2D eigenvalue weighted by atomic mass is 10.0. The predicted octanol–water partition coefficient (Wildman–Crippen LogP) is 0.874. The van der Waals surface area contributed by atoms with Gasteiger partial charge in [0, 0.05) is 0 Å². The van der Waals surface area contributed by atoms with E-state index in [1.807, 2.05) is 0 Å². The molecule has 0 aromatic carbocycles. The molecule has 0 aromatic heterocycles. The third kappa shape index (κ3) is 0.941. The van der Waals surface area contributed by atoms with Gasteiger partial charge in [0.05, 0.1) is 17.8 Å². The summed E-state index contributed by atoms with van der Waals surface area (Å²) in [6.45, 7) is 0. The molecule has 0 radical (unpaired) electrons. The predicted molar refractivity (Wildman–Crippen MR) is 42.0 cm³/mol. The number of allylic oxidation sites excluding steroid dienone is 3. The Bertz CT molecular complexity index is 334. The van der Waals surface area contributed by atoms with Crippen molar-refractivity contribution < 1.29 is 4.79 Å². The first-order chi connectivity index (χ1) is 5.25. The highest BCUT2D eigenvalue weighted by Gasteiger charge is 2.20. The maximum atomic E-state index is 10.8. The zero-order valence-corrected chi connectivity index (χ0v) is 5.79. The van der Waals surface area contributed by atoms with Crippen LogP contribution in [0.1, 0.15) is 6.42 Å². The molecule has 1 heterocycles. The van der Waals surface area contributed by atoms with E-state index in [0.717, 1.165) is 11.3 Å². The van der Waals surface area contributed by atoms with Crippen molar-refractivity contribution in [3.63, 3.8) is 0 Å². The van der Waals surface area contributed by atoms with Gasteiger partial charge in [-0.3, -0.25) is 4.79 Å². The first-order valence-corrected chi connectivity index (χ1v) is 3.35. The molecule has 2 aliphatic rings. The quantitative estimate of drug-likeness (QED) is 0.506. The van der Waals surface area contributed by atoms with Crippen molar-refractivity contribution in [3.05, 3.63) is 23.8 Å². The molecule has 3 heteroatoms. The molecule has 0 fully saturated rings. The Hall–Kier alpha value is -1.51. The largest absolute Gasteiger partial charge is 0.301 e. The molecule has 54 valence electrons. The number of rotatable bonds is 0. The second-order valence-corrected chi connectivity index (χ2v) is 2.53. The van der Waals surface area contributed by atoms with Gasteiger partial charge < -0.3 is 5.41 Å². The minimum absolute atomic E-state index is 0.106. The monoisotopic (exact) mass is 146 g/mol. The first kappa shape index (κ1) is 6.22. The van der Waals surface area contributed by atoms with Gasteiger partial charge in [0.15, 0.2) is 0 Å². The average Bonchev–Trinajstić information content (AvgIpc) is 2.27. The summed E-state index contributed by atoms with van der Waals surface area (Å²) in [7, 11) is 0. The molecule has 0 atom stereocenters. The van der Waals surface area contributed by atoms with Crippen LogP contribution in [0.5, 0.6) is 0 Å². The first-order valence-electron chi connectivity index (χ1n) is 3.35. The number of nitrogens with zero attached hydrogens (tertiary/aromatic N) is 1. The van der Waals surface area contributed by atoms with Crippen molar-refractivity contribution in [2.75, 3.05) is 0 Å². The number of carbonyl (C=O) groups is 1. The molecule has 0 saturated heterocycles. The average molecular weight is 146 g/mol. The van der Waals surface area contributed by atoms with Gasteiger partial charge in [-0.15, -0.1) is 0 Å². The Kier molecular flexibility index (Phi) is 1.12. The van der Waals surface area contributed by atoms with Gasteiger partial charge in [-0.2, -0.15) is 0 Å². The Morgan fingerprint density at radius 3 is 3.09 bits per heavy atom. The minimum atomic E-state index is -0.106. The van der Waals surface area contributed by atoms with E-state index in [1.54, 1.807) is 18.2 Å². The van der Waals surface area contributed by atoms with E-state index in [2.05, 4.69) is 4.99 Å². The number of amides is 1. The molecule has 1 aliphatic heterocycles. The van der Waals surface area contributed by atoms with Crippen LogP contribution in [0.25, 0.3) is 0 Å². The summed E-state index contributed by atoms with van der Waals surface area (Å²) >= 11 is 0. The number of carbonyl (C=O) groups excluding carboxylic acids is 1. The van der Waals surface area contributed by atoms with Crippen molar-refractivity contribution in [1.29, 1.82) is 5.41 Å². The van der Waals surface area contributed by atoms with Crippen molar-refractivity contribution in [3.8, 4) is 0 Å². The lowest BCUT2D eigenvalue weighted by Gasteiger charge is -2.01. The summed E-state index contributed by atoms with van der Waals surface area (Å²) in [6, 6.07) is 0. The lowest BCUT2D eigenvalue weighted by Crippen LogP contribution is -2.02. The molecule has 1 N–H and O–H groups in total. The summed E-state index contributed by atoms with van der Waals surface area (Å²) in [6.07, 6.45) is 5.40. The fourth-order valence-electron chi connectivity index (χ4n) is 1.17. The van der Waals surface area contributed by atoms with E-state index in [0.29, 0.717) is 12.1 Å². The van der Waals surface area contributed by atoms with Crippen LogP contribution in [-0.2, 0) is 4.79 Å². The van der Waals surface area contributed by atoms with Crippen LogP contribution >= 0.6 is 0 Å². The number of fused-ring (bicyclic) bond motifs is 1. The number of nitrogens with one attached hydrogen (secondary N) is 1. The van der Waals surface area contributed by atoms with Crippen LogP contribution in [0.15, 0.2) is 28.8 Å². The smallest absolute Gasteiger partial charge is 0.250 e. The summed E-state index contributed by atoms with van der Waals surface area (Å²) in [4.78, 5) is 14.6. The normalized spacial score (nSPS) is 21.5. The van der Waals surface area contributed by atoms with E-state index in [1.165, 1.54) is 0 Å². The lowest BCUT2D eigenvalue weighted by molar-refractivity contribution is -0.116. The van der Waals surface area contributed by atoms with E-state index >= 15 is 0 Å². The third-order valence-electron chi connectivity index (χ3n) is 1.67. The van der Waals surface area contributed by atoms with Gasteiger partial charge in [0.1, 0.15) is 0 Å². The number of hydrogen-bond donors (Lipinski definition) is 1. The molecule has 0 aromatic rings. The highest BCUT2D eigenvalue weighted by molar-refractivity contribution is 6.26. The fraction of sp³-hybridized carbons (Fsp3) is 0.125. The number of hydrogen-bond acceptors (Lipinski definition) is 2. The zero-order chi connectivity index (χ0) is 7.84. The minimum Gasteiger partial charge on any atom is -0.301 e. The molecule has 1 aliphatic carbocycles. The van der Waals surface area contributed by atoms with Gasteiger partial charge in [-0.25, -0.2) is 4.99 Å². The second-order valence-electron chi connectivity index (χ2n) is 2.53. The van der Waals surface area contributed by atoms with E-state index in [4.69, 9.17) is 5.41 Å². The standard InChI is InChI=1S/C8H6N2O/c9-6-1-2-7-5(3-6)4-8(11)10-7/h1-3,9H,4H2. The van der Waals surface area contributed by atoms with Gasteiger partial charge in [-0.1, -0.05) is 0 Å². The molecular weight excluding hydrogens is 140 g/mol. The van der Waals surface area contributed by atoms with Crippen LogP contribution in [-0.4, -0.2) is 17.3 Å². The molecule has 1 amide bonds. The number of aliphatic imine (C=N–C) groups is 1. The molecule has 0 saturated carbocycles. The molecule has 2 rings (SSSR count). The zero-order valence-electron chi connectivity index (χ0n) is 5.79. The Morgan fingerprint density at radius 1 is 1.45 bits per heavy atom. The SMILES string of the molecule is N=C1C=CC2=NC(=O)CC2=C1. The van der Waals surface area contributed by atoms with Gasteiger partial charge in [0.25, 0.3) is 5.91 Å². The van der Waals surface area contributed by atoms with Gasteiger partial charge in [-0.05, 0) is 23.8 Å². The second kappa shape index (κ2) is 1.99. The van der Waals surface area contributed by atoms with Crippen molar-refractivity contribution in [2.45, 2.75) is 6.42 Å². The van der Waals surface area contributed by atoms with Crippen LogP contribution in [0.2, 0.25) is 0 Å². The third-order valence-corrected chi connectivity index (χ3v) is 1.67. The van der Waals surface area contributed by atoms with Crippen molar-refractivity contribution in [2.24, 2.45) is 4.99 Å². The summed E-state index contributed by atoms with van der Waals surface area (Å²) in [5, 5.41) is 7.28. The van der Waals surface area contributed by atoms with Crippen LogP contribution in [0.4, 0.5) is 0 Å². The summed E-state index contributed by atoms with van der Waals surface area (Å²) < 4.78 is 0. The topological polar surface area (TPSA) is 53.3 Å². The van der Waals surface area contributed by atoms with Crippen molar-refractivity contribution in [1.82, 2.24) is 0 Å². The van der Waals surface area contributed by atoms with Gasteiger partial charge in [0.2, 0.25) is 0 Å². The van der Waals surface area contributed by atoms with E-state index in [-0.39, 0.29) is 5.91 Å². The Morgan fingerprint density at radius 2 is 2.27 bits per heavy atom. The van der Waals surface area contributed by atoms with Crippen molar-refractivity contribution >= 4 is 17.3 Å². The highest BCUT2D eigenvalue weighted by Crippen LogP contribution is 2.18. The van der Waals surface area contributed by atoms with Crippen LogP contribution < -0.4 is 0 Å². The molecular formula is C8H6N2O. The molecule has 11 heavy (non-hydrogen) atoms. The highest BCUT2D eigenvalue weighted by atomic mass is 16.1. The molecule has 0 spiro atoms. The Balaban J connectivity index is 2.47. The summed E-state index contributed by atoms with van der Waals surface area (Å²) in [5.74, 6) is -0.106. The maximum absolute atomic E-state index is 10.8. The summed E-state index contributed by atoms with van der Waals surface area (Å²) in [5.41, 5.74) is 2.04. The molecule has 3 nitrogen and oxygen atoms in total. The molecule has 0 unspecified atom stereocenters. The van der Waals surface area contributed by atoms with E-state index in [9.17, 15) is 4.79 Å². The fourth-order valence-corrected chi connectivity index (χ4v) is 1.17. The van der Waals surface area contributed by atoms with E-state index < -0.39 is 0 Å². The van der Waals surface area contributed by atoms with Gasteiger partial charge >= 0.3 is 0 Å². The van der Waals surface area contributed by atoms with Crippen LogP contribution in [0, 0.1) is 5.41 Å².